The Bertz CT molecular complexity index is 1010. The number of hydrogen-bond donors (Lipinski definition) is 0. The third-order valence-electron chi connectivity index (χ3n) is 5.10. The summed E-state index contributed by atoms with van der Waals surface area (Å²) in [7, 11) is 1.57. The standard InChI is InChI=1S/C19H19F2N3O3S/c1-10-16-12(17(20)21)9-13(22-18(16)27-23-10)11-5-7-24(8-6-11)19(25)14-3-4-15(26-2)28-14/h3-4,9,11,17H,5-8H2,1-2H3. The number of carbonyl (C=O) groups excluding carboxylic acids is 1. The fourth-order valence-corrected chi connectivity index (χ4v) is 4.40. The number of alkyl halides is 2. The highest BCUT2D eigenvalue weighted by atomic mass is 32.1. The van der Waals surface area contributed by atoms with Crippen molar-refractivity contribution in [3.8, 4) is 5.06 Å². The third kappa shape index (κ3) is 3.34. The molecule has 9 heteroatoms. The number of piperidine rings is 1. The van der Waals surface area contributed by atoms with E-state index in [9.17, 15) is 13.6 Å². The number of aromatic nitrogens is 2. The molecule has 0 saturated carbocycles. The van der Waals surface area contributed by atoms with Gasteiger partial charge in [0.05, 0.1) is 23.1 Å². The van der Waals surface area contributed by atoms with Crippen molar-refractivity contribution in [2.75, 3.05) is 20.2 Å². The Morgan fingerprint density at radius 2 is 2.11 bits per heavy atom. The Morgan fingerprint density at radius 1 is 1.36 bits per heavy atom. The highest BCUT2D eigenvalue weighted by Crippen LogP contribution is 2.35. The van der Waals surface area contributed by atoms with Crippen LogP contribution in [-0.2, 0) is 0 Å². The molecule has 6 nitrogen and oxygen atoms in total. The predicted molar refractivity (Wildman–Crippen MR) is 100 cm³/mol. The molecule has 1 amide bonds. The molecule has 1 fully saturated rings. The van der Waals surface area contributed by atoms with Gasteiger partial charge in [-0.25, -0.2) is 13.8 Å². The minimum Gasteiger partial charge on any atom is -0.487 e. The number of ether oxygens (including phenoxy) is 1. The number of nitrogens with zero attached hydrogens (tertiary/aromatic N) is 3. The van der Waals surface area contributed by atoms with Crippen molar-refractivity contribution in [2.24, 2.45) is 0 Å². The highest BCUT2D eigenvalue weighted by Gasteiger charge is 2.28. The minimum atomic E-state index is -2.63. The lowest BCUT2D eigenvalue weighted by atomic mass is 9.91. The van der Waals surface area contributed by atoms with E-state index in [0.29, 0.717) is 47.3 Å². The number of rotatable bonds is 4. The van der Waals surface area contributed by atoms with Crippen molar-refractivity contribution in [1.29, 1.82) is 0 Å². The predicted octanol–water partition coefficient (Wildman–Crippen LogP) is 4.56. The van der Waals surface area contributed by atoms with Gasteiger partial charge in [-0.05, 0) is 38.0 Å². The smallest absolute Gasteiger partial charge is 0.264 e. The van der Waals surface area contributed by atoms with Crippen LogP contribution in [0.4, 0.5) is 8.78 Å². The van der Waals surface area contributed by atoms with Crippen molar-refractivity contribution in [3.63, 3.8) is 0 Å². The molecule has 0 radical (unpaired) electrons. The lowest BCUT2D eigenvalue weighted by Crippen LogP contribution is -2.37. The van der Waals surface area contributed by atoms with Gasteiger partial charge in [-0.3, -0.25) is 4.79 Å². The molecule has 4 rings (SSSR count). The summed E-state index contributed by atoms with van der Waals surface area (Å²) in [6, 6.07) is 4.99. The molecule has 28 heavy (non-hydrogen) atoms. The fourth-order valence-electron chi connectivity index (χ4n) is 3.61. The van der Waals surface area contributed by atoms with Gasteiger partial charge in [0.25, 0.3) is 18.0 Å². The van der Waals surface area contributed by atoms with Crippen LogP contribution in [0.15, 0.2) is 22.7 Å². The van der Waals surface area contributed by atoms with Crippen LogP contribution in [0.25, 0.3) is 11.1 Å². The highest BCUT2D eigenvalue weighted by molar-refractivity contribution is 7.15. The summed E-state index contributed by atoms with van der Waals surface area (Å²) in [5.74, 6) is -0.0384. The second-order valence-corrected chi connectivity index (χ2v) is 7.82. The summed E-state index contributed by atoms with van der Waals surface area (Å²) in [6.45, 7) is 2.72. The van der Waals surface area contributed by atoms with Crippen molar-refractivity contribution < 1.29 is 22.8 Å². The molecule has 0 aliphatic carbocycles. The normalized spacial score (nSPS) is 15.5. The summed E-state index contributed by atoms with van der Waals surface area (Å²) < 4.78 is 37.3. The van der Waals surface area contributed by atoms with Crippen molar-refractivity contribution in [3.05, 3.63) is 40.0 Å². The minimum absolute atomic E-state index is 0.00534. The molecule has 1 aliphatic heterocycles. The first-order chi connectivity index (χ1) is 13.5. The lowest BCUT2D eigenvalue weighted by Gasteiger charge is -2.31. The summed E-state index contributed by atoms with van der Waals surface area (Å²) in [5.41, 5.74) is 1.04. The number of carbonyl (C=O) groups is 1. The second-order valence-electron chi connectivity index (χ2n) is 6.77. The Morgan fingerprint density at radius 3 is 2.75 bits per heavy atom. The number of hydrogen-bond acceptors (Lipinski definition) is 6. The number of fused-ring (bicyclic) bond motifs is 1. The molecular formula is C19H19F2N3O3S. The third-order valence-corrected chi connectivity index (χ3v) is 6.13. The molecule has 0 atom stereocenters. The quantitative estimate of drug-likeness (QED) is 0.634. The van der Waals surface area contributed by atoms with Crippen molar-refractivity contribution in [2.45, 2.75) is 32.1 Å². The van der Waals surface area contributed by atoms with E-state index in [-0.39, 0.29) is 28.5 Å². The first kappa shape index (κ1) is 18.8. The summed E-state index contributed by atoms with van der Waals surface area (Å²) in [4.78, 5) is 19.5. The van der Waals surface area contributed by atoms with Crippen LogP contribution in [0, 0.1) is 6.92 Å². The van der Waals surface area contributed by atoms with Crippen molar-refractivity contribution >= 4 is 28.3 Å². The van der Waals surface area contributed by atoms with Gasteiger partial charge < -0.3 is 14.2 Å². The SMILES string of the molecule is COc1ccc(C(=O)N2CCC(c3cc(C(F)F)c4c(C)noc4n3)CC2)s1. The fraction of sp³-hybridized carbons (Fsp3) is 0.421. The molecule has 0 bridgehead atoms. The van der Waals surface area contributed by atoms with E-state index >= 15 is 0 Å². The molecular weight excluding hydrogens is 388 g/mol. The summed E-state index contributed by atoms with van der Waals surface area (Å²) in [6.07, 6.45) is -1.32. The molecule has 0 spiro atoms. The first-order valence-corrected chi connectivity index (χ1v) is 9.77. The number of aryl methyl sites for hydroxylation is 1. The molecule has 0 unspecified atom stereocenters. The van der Waals surface area contributed by atoms with E-state index in [1.54, 1.807) is 31.1 Å². The molecule has 4 heterocycles. The monoisotopic (exact) mass is 407 g/mol. The van der Waals surface area contributed by atoms with E-state index in [1.807, 2.05) is 0 Å². The zero-order valence-electron chi connectivity index (χ0n) is 15.4. The molecule has 3 aromatic rings. The topological polar surface area (TPSA) is 68.5 Å². The Labute approximate surface area is 164 Å². The number of methoxy groups -OCH3 is 1. The second kappa shape index (κ2) is 7.46. The van der Waals surface area contributed by atoms with E-state index in [1.165, 1.54) is 17.4 Å². The van der Waals surface area contributed by atoms with Gasteiger partial charge in [-0.1, -0.05) is 16.5 Å². The Hall–Kier alpha value is -2.55. The molecule has 3 aromatic heterocycles. The average Bonchev–Trinajstić information content (AvgIpc) is 3.34. The number of likely N-dealkylation sites (tertiary alicyclic amines) is 1. The average molecular weight is 407 g/mol. The summed E-state index contributed by atoms with van der Waals surface area (Å²) >= 11 is 1.31. The van der Waals surface area contributed by atoms with Crippen LogP contribution in [0.5, 0.6) is 5.06 Å². The number of amides is 1. The van der Waals surface area contributed by atoms with E-state index in [4.69, 9.17) is 9.26 Å². The Kier molecular flexibility index (Phi) is 5.01. The molecule has 1 aliphatic rings. The van der Waals surface area contributed by atoms with Gasteiger partial charge in [-0.2, -0.15) is 0 Å². The molecule has 1 saturated heterocycles. The zero-order valence-corrected chi connectivity index (χ0v) is 16.3. The number of halogens is 2. The van der Waals surface area contributed by atoms with E-state index < -0.39 is 6.43 Å². The van der Waals surface area contributed by atoms with Crippen molar-refractivity contribution in [1.82, 2.24) is 15.0 Å². The van der Waals surface area contributed by atoms with E-state index in [2.05, 4.69) is 10.1 Å². The van der Waals surface area contributed by atoms with Gasteiger partial charge in [0.2, 0.25) is 0 Å². The lowest BCUT2D eigenvalue weighted by molar-refractivity contribution is 0.0717. The Balaban J connectivity index is 1.51. The maximum atomic E-state index is 13.5. The van der Waals surface area contributed by atoms with Crippen LogP contribution >= 0.6 is 11.3 Å². The van der Waals surface area contributed by atoms with Crippen LogP contribution in [0.3, 0.4) is 0 Å². The van der Waals surface area contributed by atoms with Crippen LogP contribution < -0.4 is 4.74 Å². The molecule has 0 N–H and O–H groups in total. The summed E-state index contributed by atoms with van der Waals surface area (Å²) in [5, 5.41) is 4.75. The molecule has 0 aromatic carbocycles. The maximum absolute atomic E-state index is 13.5. The number of thiophene rings is 1. The maximum Gasteiger partial charge on any atom is 0.264 e. The largest absolute Gasteiger partial charge is 0.487 e. The van der Waals surface area contributed by atoms with Gasteiger partial charge in [0.1, 0.15) is 0 Å². The number of pyridine rings is 1. The van der Waals surface area contributed by atoms with Crippen LogP contribution in [0.1, 0.15) is 51.8 Å². The zero-order chi connectivity index (χ0) is 19.8. The van der Waals surface area contributed by atoms with E-state index in [0.717, 1.165) is 0 Å². The molecule has 148 valence electrons. The van der Waals surface area contributed by atoms with Crippen LogP contribution in [-0.4, -0.2) is 41.1 Å². The van der Waals surface area contributed by atoms with Gasteiger partial charge in [-0.15, -0.1) is 0 Å². The van der Waals surface area contributed by atoms with Gasteiger partial charge in [0.15, 0.2) is 5.06 Å². The first-order valence-electron chi connectivity index (χ1n) is 8.96. The van der Waals surface area contributed by atoms with Crippen LogP contribution in [0.2, 0.25) is 0 Å². The van der Waals surface area contributed by atoms with Gasteiger partial charge >= 0.3 is 0 Å². The van der Waals surface area contributed by atoms with Gasteiger partial charge in [0, 0.05) is 30.3 Å².